The van der Waals surface area contributed by atoms with Crippen LogP contribution in [0.3, 0.4) is 0 Å². The van der Waals surface area contributed by atoms with Crippen molar-refractivity contribution in [2.24, 2.45) is 0 Å². The van der Waals surface area contributed by atoms with Gasteiger partial charge in [-0.15, -0.1) is 0 Å². The summed E-state index contributed by atoms with van der Waals surface area (Å²) in [6, 6.07) is 4.68. The minimum Gasteiger partial charge on any atom is -0.270 e. The van der Waals surface area contributed by atoms with Gasteiger partial charge >= 0.3 is 0 Å². The number of hydrogen-bond acceptors (Lipinski definition) is 2. The van der Waals surface area contributed by atoms with Gasteiger partial charge in [0, 0.05) is 36.3 Å². The van der Waals surface area contributed by atoms with Crippen LogP contribution in [0.5, 0.6) is 0 Å². The number of nitrogens with zero attached hydrogens (tertiary/aromatic N) is 4. The molecule has 0 amide bonds. The molecule has 4 rings (SSSR count). The van der Waals surface area contributed by atoms with Crippen molar-refractivity contribution >= 4 is 0 Å². The quantitative estimate of drug-likeness (QED) is 0.737. The Balaban J connectivity index is 1.39. The Morgan fingerprint density at radius 2 is 1.52 bits per heavy atom. The zero-order valence-corrected chi connectivity index (χ0v) is 14.5. The molecule has 0 bridgehead atoms. The van der Waals surface area contributed by atoms with Gasteiger partial charge in [0.1, 0.15) is 0 Å². The Morgan fingerprint density at radius 1 is 0.913 bits per heavy atom. The first-order valence-corrected chi connectivity index (χ1v) is 9.41. The van der Waals surface area contributed by atoms with Crippen LogP contribution >= 0.6 is 0 Å². The lowest BCUT2D eigenvalue weighted by atomic mass is 10.2. The Bertz CT molecular complexity index is 615. The van der Waals surface area contributed by atoms with E-state index in [2.05, 4.69) is 35.3 Å². The van der Waals surface area contributed by atoms with Gasteiger partial charge in [0.25, 0.3) is 0 Å². The van der Waals surface area contributed by atoms with Crippen LogP contribution in [0.2, 0.25) is 0 Å². The van der Waals surface area contributed by atoms with E-state index in [9.17, 15) is 0 Å². The molecule has 0 atom stereocenters. The van der Waals surface area contributed by atoms with Crippen molar-refractivity contribution in [2.75, 3.05) is 0 Å². The molecule has 2 aromatic heterocycles. The highest BCUT2D eigenvalue weighted by atomic mass is 15.3. The molecular weight excluding hydrogens is 284 g/mol. The Morgan fingerprint density at radius 3 is 2.09 bits per heavy atom. The van der Waals surface area contributed by atoms with E-state index in [-0.39, 0.29) is 0 Å². The summed E-state index contributed by atoms with van der Waals surface area (Å²) in [6.45, 7) is 6.44. The molecule has 2 fully saturated rings. The maximum atomic E-state index is 4.85. The lowest BCUT2D eigenvalue weighted by molar-refractivity contribution is 0.532. The van der Waals surface area contributed by atoms with Gasteiger partial charge in [-0.05, 0) is 64.0 Å². The molecule has 0 saturated heterocycles. The molecule has 0 N–H and O–H groups in total. The van der Waals surface area contributed by atoms with Crippen molar-refractivity contribution in [3.05, 3.63) is 34.9 Å². The minimum atomic E-state index is 0.750. The smallest absolute Gasteiger partial charge is 0.0658 e. The third kappa shape index (κ3) is 3.22. The molecular formula is C19H28N4. The largest absolute Gasteiger partial charge is 0.270 e. The van der Waals surface area contributed by atoms with Crippen LogP contribution in [0.15, 0.2) is 12.1 Å². The van der Waals surface area contributed by atoms with Crippen LogP contribution in [0.4, 0.5) is 0 Å². The summed E-state index contributed by atoms with van der Waals surface area (Å²) in [5.41, 5.74) is 5.46. The zero-order chi connectivity index (χ0) is 15.8. The van der Waals surface area contributed by atoms with Crippen LogP contribution in [-0.2, 0) is 25.9 Å². The lowest BCUT2D eigenvalue weighted by Crippen LogP contribution is -2.08. The molecule has 2 aliphatic rings. The van der Waals surface area contributed by atoms with Crippen molar-refractivity contribution in [3.8, 4) is 0 Å². The molecule has 0 aliphatic heterocycles. The van der Waals surface area contributed by atoms with E-state index < -0.39 is 0 Å². The number of rotatable bonds is 8. The summed E-state index contributed by atoms with van der Waals surface area (Å²) in [7, 11) is 0. The fourth-order valence-corrected chi connectivity index (χ4v) is 3.48. The van der Waals surface area contributed by atoms with Crippen LogP contribution in [-0.4, -0.2) is 19.6 Å². The molecule has 2 aliphatic carbocycles. The van der Waals surface area contributed by atoms with E-state index in [0.717, 1.165) is 44.2 Å². The standard InChI is InChI=1S/C19H28N4/c1-3-16-12-18(14-7-8-14)21-23(16)11-5-6-17-13-19(15-9-10-15)20-22(17)4-2/h12-15H,3-11H2,1-2H3. The molecule has 0 unspecified atom stereocenters. The normalized spacial score (nSPS) is 17.8. The second kappa shape index (κ2) is 6.14. The fourth-order valence-electron chi connectivity index (χ4n) is 3.48. The van der Waals surface area contributed by atoms with Gasteiger partial charge in [0.05, 0.1) is 11.4 Å². The van der Waals surface area contributed by atoms with Gasteiger partial charge in [-0.1, -0.05) is 6.92 Å². The van der Waals surface area contributed by atoms with Crippen LogP contribution < -0.4 is 0 Å². The lowest BCUT2D eigenvalue weighted by Gasteiger charge is -2.07. The SMILES string of the molecule is CCc1cc(C2CC2)nn1CCCc1cc(C2CC2)nn1CC. The summed E-state index contributed by atoms with van der Waals surface area (Å²) in [6.07, 6.45) is 8.66. The third-order valence-electron chi connectivity index (χ3n) is 5.22. The van der Waals surface area contributed by atoms with Gasteiger partial charge in [-0.3, -0.25) is 9.36 Å². The fraction of sp³-hybridized carbons (Fsp3) is 0.684. The maximum absolute atomic E-state index is 4.85. The summed E-state index contributed by atoms with van der Waals surface area (Å²) in [5.74, 6) is 1.50. The molecule has 0 aromatic carbocycles. The number of aromatic nitrogens is 4. The molecule has 4 nitrogen and oxygen atoms in total. The Hall–Kier alpha value is -1.58. The van der Waals surface area contributed by atoms with Crippen LogP contribution in [0.25, 0.3) is 0 Å². The molecule has 0 spiro atoms. The van der Waals surface area contributed by atoms with Crippen molar-refractivity contribution < 1.29 is 0 Å². The van der Waals surface area contributed by atoms with Crippen molar-refractivity contribution in [2.45, 2.75) is 83.7 Å². The van der Waals surface area contributed by atoms with Crippen molar-refractivity contribution in [1.29, 1.82) is 0 Å². The summed E-state index contributed by atoms with van der Waals surface area (Å²) in [5, 5.41) is 9.63. The van der Waals surface area contributed by atoms with Crippen LogP contribution in [0.1, 0.15) is 80.6 Å². The van der Waals surface area contributed by atoms with E-state index in [1.165, 1.54) is 48.5 Å². The van der Waals surface area contributed by atoms with Crippen LogP contribution in [0, 0.1) is 0 Å². The Kier molecular flexibility index (Phi) is 4.00. The van der Waals surface area contributed by atoms with E-state index >= 15 is 0 Å². The van der Waals surface area contributed by atoms with E-state index in [1.54, 1.807) is 0 Å². The van der Waals surface area contributed by atoms with Crippen molar-refractivity contribution in [3.63, 3.8) is 0 Å². The van der Waals surface area contributed by atoms with E-state index in [1.807, 2.05) is 0 Å². The summed E-state index contributed by atoms with van der Waals surface area (Å²) < 4.78 is 4.45. The average Bonchev–Trinajstić information content (AvgIpc) is 3.49. The molecule has 124 valence electrons. The predicted molar refractivity (Wildman–Crippen MR) is 91.8 cm³/mol. The first-order valence-electron chi connectivity index (χ1n) is 9.41. The van der Waals surface area contributed by atoms with Gasteiger partial charge in [-0.2, -0.15) is 10.2 Å². The Labute approximate surface area is 138 Å². The second-order valence-corrected chi connectivity index (χ2v) is 7.17. The topological polar surface area (TPSA) is 35.6 Å². The van der Waals surface area contributed by atoms with Gasteiger partial charge < -0.3 is 0 Å². The highest BCUT2D eigenvalue weighted by molar-refractivity contribution is 5.20. The number of hydrogen-bond donors (Lipinski definition) is 0. The van der Waals surface area contributed by atoms with E-state index in [0.29, 0.717) is 0 Å². The van der Waals surface area contributed by atoms with Gasteiger partial charge in [0.15, 0.2) is 0 Å². The average molecular weight is 312 g/mol. The molecule has 2 heterocycles. The monoisotopic (exact) mass is 312 g/mol. The molecule has 4 heteroatoms. The third-order valence-corrected chi connectivity index (χ3v) is 5.22. The first kappa shape index (κ1) is 15.0. The second-order valence-electron chi connectivity index (χ2n) is 7.17. The molecule has 2 aromatic rings. The first-order chi connectivity index (χ1) is 11.3. The summed E-state index contributed by atoms with van der Waals surface area (Å²) >= 11 is 0. The molecule has 23 heavy (non-hydrogen) atoms. The highest BCUT2D eigenvalue weighted by Gasteiger charge is 2.28. The zero-order valence-electron chi connectivity index (χ0n) is 14.5. The molecule has 0 radical (unpaired) electrons. The van der Waals surface area contributed by atoms with Gasteiger partial charge in [-0.25, -0.2) is 0 Å². The van der Waals surface area contributed by atoms with E-state index in [4.69, 9.17) is 10.2 Å². The number of aryl methyl sites for hydroxylation is 4. The highest BCUT2D eigenvalue weighted by Crippen LogP contribution is 2.40. The predicted octanol–water partition coefficient (Wildman–Crippen LogP) is 4.05. The van der Waals surface area contributed by atoms with Gasteiger partial charge in [0.2, 0.25) is 0 Å². The summed E-state index contributed by atoms with van der Waals surface area (Å²) in [4.78, 5) is 0. The molecule has 2 saturated carbocycles. The minimum absolute atomic E-state index is 0.750. The maximum Gasteiger partial charge on any atom is 0.0658 e. The van der Waals surface area contributed by atoms with Crippen molar-refractivity contribution in [1.82, 2.24) is 19.6 Å².